The highest BCUT2D eigenvalue weighted by Gasteiger charge is 2.26. The fraction of sp³-hybridized carbons (Fsp3) is 0.688. The summed E-state index contributed by atoms with van der Waals surface area (Å²) in [7, 11) is 0. The Balaban J connectivity index is 1.78. The molecule has 1 fully saturated rings. The number of aromatic nitrogens is 2. The van der Waals surface area contributed by atoms with E-state index < -0.39 is 5.91 Å². The van der Waals surface area contributed by atoms with Crippen molar-refractivity contribution in [3.8, 4) is 0 Å². The van der Waals surface area contributed by atoms with Crippen LogP contribution in [0.3, 0.4) is 0 Å². The van der Waals surface area contributed by atoms with Crippen LogP contribution in [-0.4, -0.2) is 21.6 Å². The van der Waals surface area contributed by atoms with E-state index in [-0.39, 0.29) is 18.4 Å². The standard InChI is InChI=1S/C16H26N4O2/c1-2-3-4-12-5-7-13(8-6-12)16(22)19-14-9-18-20(10-14)11-15(17)21/h9-10,12-13H,2-8,11H2,1H3,(H2,17,21)(H,19,22). The second-order valence-electron chi connectivity index (χ2n) is 6.24. The maximum absolute atomic E-state index is 12.3. The van der Waals surface area contributed by atoms with Crippen LogP contribution in [0.5, 0.6) is 0 Å². The molecule has 1 heterocycles. The van der Waals surface area contributed by atoms with Gasteiger partial charge in [-0.2, -0.15) is 5.10 Å². The zero-order chi connectivity index (χ0) is 15.9. The van der Waals surface area contributed by atoms with Crippen LogP contribution in [0, 0.1) is 11.8 Å². The molecule has 1 aliphatic carbocycles. The summed E-state index contributed by atoms with van der Waals surface area (Å²) in [5, 5.41) is 6.89. The third kappa shape index (κ3) is 4.86. The van der Waals surface area contributed by atoms with Gasteiger partial charge >= 0.3 is 0 Å². The lowest BCUT2D eigenvalue weighted by molar-refractivity contribution is -0.121. The van der Waals surface area contributed by atoms with E-state index in [0.29, 0.717) is 5.69 Å². The van der Waals surface area contributed by atoms with Gasteiger partial charge in [0.25, 0.3) is 0 Å². The number of rotatable bonds is 7. The molecule has 1 saturated carbocycles. The predicted molar refractivity (Wildman–Crippen MR) is 85.0 cm³/mol. The topological polar surface area (TPSA) is 90.0 Å². The van der Waals surface area contributed by atoms with Crippen molar-refractivity contribution in [1.82, 2.24) is 9.78 Å². The molecule has 0 bridgehead atoms. The largest absolute Gasteiger partial charge is 0.368 e. The Kier molecular flexibility index (Phi) is 5.98. The molecule has 0 radical (unpaired) electrons. The van der Waals surface area contributed by atoms with Crippen molar-refractivity contribution in [2.24, 2.45) is 17.6 Å². The summed E-state index contributed by atoms with van der Waals surface area (Å²) in [6, 6.07) is 0. The summed E-state index contributed by atoms with van der Waals surface area (Å²) in [4.78, 5) is 23.1. The molecule has 1 aromatic rings. The first-order chi connectivity index (χ1) is 10.6. The number of nitrogens with zero attached hydrogens (tertiary/aromatic N) is 2. The number of unbranched alkanes of at least 4 members (excludes halogenated alkanes) is 1. The SMILES string of the molecule is CCCCC1CCC(C(=O)Nc2cnn(CC(N)=O)c2)CC1. The Bertz CT molecular complexity index is 504. The maximum atomic E-state index is 12.3. The minimum Gasteiger partial charge on any atom is -0.368 e. The molecule has 6 nitrogen and oxygen atoms in total. The van der Waals surface area contributed by atoms with E-state index >= 15 is 0 Å². The van der Waals surface area contributed by atoms with E-state index in [1.165, 1.54) is 23.9 Å². The number of nitrogens with two attached hydrogens (primary N) is 1. The van der Waals surface area contributed by atoms with E-state index in [1.807, 2.05) is 0 Å². The molecular weight excluding hydrogens is 280 g/mol. The molecule has 0 atom stereocenters. The zero-order valence-electron chi connectivity index (χ0n) is 13.3. The lowest BCUT2D eigenvalue weighted by atomic mass is 9.79. The van der Waals surface area contributed by atoms with Gasteiger partial charge in [0.15, 0.2) is 0 Å². The first-order valence-electron chi connectivity index (χ1n) is 8.20. The first kappa shape index (κ1) is 16.5. The molecule has 0 saturated heterocycles. The van der Waals surface area contributed by atoms with Crippen molar-refractivity contribution in [2.45, 2.75) is 58.4 Å². The van der Waals surface area contributed by atoms with Crippen molar-refractivity contribution >= 4 is 17.5 Å². The molecule has 0 spiro atoms. The van der Waals surface area contributed by atoms with Crippen LogP contribution < -0.4 is 11.1 Å². The maximum Gasteiger partial charge on any atom is 0.239 e. The Hall–Kier alpha value is -1.85. The first-order valence-corrected chi connectivity index (χ1v) is 8.20. The molecule has 122 valence electrons. The minimum absolute atomic E-state index is 0.0262. The number of hydrogen-bond acceptors (Lipinski definition) is 3. The Morgan fingerprint density at radius 1 is 1.36 bits per heavy atom. The van der Waals surface area contributed by atoms with E-state index in [0.717, 1.165) is 31.6 Å². The van der Waals surface area contributed by atoms with Gasteiger partial charge in [0, 0.05) is 12.1 Å². The summed E-state index contributed by atoms with van der Waals surface area (Å²) < 4.78 is 1.43. The number of carbonyl (C=O) groups excluding carboxylic acids is 2. The molecule has 0 unspecified atom stereocenters. The van der Waals surface area contributed by atoms with E-state index in [2.05, 4.69) is 17.3 Å². The monoisotopic (exact) mass is 306 g/mol. The van der Waals surface area contributed by atoms with Crippen molar-refractivity contribution in [1.29, 1.82) is 0 Å². The van der Waals surface area contributed by atoms with Crippen LogP contribution in [0.15, 0.2) is 12.4 Å². The van der Waals surface area contributed by atoms with Crippen LogP contribution in [0.25, 0.3) is 0 Å². The van der Waals surface area contributed by atoms with E-state index in [4.69, 9.17) is 5.73 Å². The van der Waals surface area contributed by atoms with Gasteiger partial charge in [-0.3, -0.25) is 14.3 Å². The molecule has 6 heteroatoms. The van der Waals surface area contributed by atoms with Gasteiger partial charge in [-0.1, -0.05) is 26.2 Å². The number of anilines is 1. The quantitative estimate of drug-likeness (QED) is 0.810. The normalized spacial score (nSPS) is 21.5. The van der Waals surface area contributed by atoms with Gasteiger partial charge in [0.05, 0.1) is 11.9 Å². The predicted octanol–water partition coefficient (Wildman–Crippen LogP) is 2.30. The van der Waals surface area contributed by atoms with Gasteiger partial charge in [-0.25, -0.2) is 0 Å². The van der Waals surface area contributed by atoms with Crippen LogP contribution in [0.2, 0.25) is 0 Å². The Morgan fingerprint density at radius 3 is 2.73 bits per heavy atom. The molecule has 22 heavy (non-hydrogen) atoms. The molecule has 1 aliphatic rings. The highest BCUT2D eigenvalue weighted by atomic mass is 16.2. The zero-order valence-corrected chi connectivity index (χ0v) is 13.3. The van der Waals surface area contributed by atoms with Crippen LogP contribution >= 0.6 is 0 Å². The minimum atomic E-state index is -0.452. The van der Waals surface area contributed by atoms with Crippen molar-refractivity contribution < 1.29 is 9.59 Å². The van der Waals surface area contributed by atoms with Crippen LogP contribution in [0.4, 0.5) is 5.69 Å². The molecule has 1 aromatic heterocycles. The van der Waals surface area contributed by atoms with E-state index in [1.54, 1.807) is 12.4 Å². The third-order valence-electron chi connectivity index (χ3n) is 4.40. The molecule has 0 aromatic carbocycles. The fourth-order valence-corrected chi connectivity index (χ4v) is 3.12. The number of nitrogens with one attached hydrogen (secondary N) is 1. The van der Waals surface area contributed by atoms with Crippen molar-refractivity contribution in [3.63, 3.8) is 0 Å². The van der Waals surface area contributed by atoms with E-state index in [9.17, 15) is 9.59 Å². The van der Waals surface area contributed by atoms with Gasteiger partial charge in [-0.15, -0.1) is 0 Å². The average Bonchev–Trinajstić information content (AvgIpc) is 2.91. The van der Waals surface area contributed by atoms with Crippen LogP contribution in [-0.2, 0) is 16.1 Å². The Morgan fingerprint density at radius 2 is 2.09 bits per heavy atom. The summed E-state index contributed by atoms with van der Waals surface area (Å²) >= 11 is 0. The number of primary amides is 1. The van der Waals surface area contributed by atoms with Crippen molar-refractivity contribution in [2.75, 3.05) is 5.32 Å². The van der Waals surface area contributed by atoms with Gasteiger partial charge in [0.2, 0.25) is 11.8 Å². The summed E-state index contributed by atoms with van der Waals surface area (Å²) in [5.41, 5.74) is 5.74. The fourth-order valence-electron chi connectivity index (χ4n) is 3.12. The summed E-state index contributed by atoms with van der Waals surface area (Å²) in [6.07, 6.45) is 11.3. The van der Waals surface area contributed by atoms with Gasteiger partial charge in [0.1, 0.15) is 6.54 Å². The van der Waals surface area contributed by atoms with Crippen LogP contribution in [0.1, 0.15) is 51.9 Å². The second kappa shape index (κ2) is 7.96. The Labute approximate surface area is 131 Å². The second-order valence-corrected chi connectivity index (χ2v) is 6.24. The molecule has 2 rings (SSSR count). The van der Waals surface area contributed by atoms with Gasteiger partial charge in [-0.05, 0) is 31.6 Å². The number of hydrogen-bond donors (Lipinski definition) is 2. The smallest absolute Gasteiger partial charge is 0.239 e. The summed E-state index contributed by atoms with van der Waals surface area (Å²) in [5.74, 6) is 0.499. The number of amides is 2. The highest BCUT2D eigenvalue weighted by molar-refractivity contribution is 5.92. The lowest BCUT2D eigenvalue weighted by Gasteiger charge is -2.27. The average molecular weight is 306 g/mol. The van der Waals surface area contributed by atoms with Gasteiger partial charge < -0.3 is 11.1 Å². The molecular formula is C16H26N4O2. The summed E-state index contributed by atoms with van der Waals surface area (Å²) in [6.45, 7) is 2.25. The number of carbonyl (C=O) groups is 2. The van der Waals surface area contributed by atoms with Crippen molar-refractivity contribution in [3.05, 3.63) is 12.4 Å². The molecule has 2 amide bonds. The molecule has 3 N–H and O–H groups in total. The lowest BCUT2D eigenvalue weighted by Crippen LogP contribution is -2.27. The highest BCUT2D eigenvalue weighted by Crippen LogP contribution is 2.32. The molecule has 0 aliphatic heterocycles. The third-order valence-corrected chi connectivity index (χ3v) is 4.40.